The molecule has 3 aromatic rings. The fourth-order valence-electron chi connectivity index (χ4n) is 2.11. The van der Waals surface area contributed by atoms with Crippen LogP contribution >= 0.6 is 27.9 Å². The number of aromatic nitrogens is 1. The number of halogens is 1. The molecule has 1 nitrogen and oxygen atoms in total. The number of alkyl halides is 1. The highest BCUT2D eigenvalue weighted by Gasteiger charge is 2.07. The highest BCUT2D eigenvalue weighted by molar-refractivity contribution is 9.08. The molecule has 0 radical (unpaired) electrons. The zero-order valence-electron chi connectivity index (χ0n) is 10.6. The van der Waals surface area contributed by atoms with Crippen molar-refractivity contribution in [3.63, 3.8) is 0 Å². The molecule has 0 aliphatic carbocycles. The fraction of sp³-hybridized carbons (Fsp3) is 0.125. The number of hydrogen-bond donors (Lipinski definition) is 0. The average Bonchev–Trinajstić information content (AvgIpc) is 2.80. The molecule has 0 spiro atoms. The third kappa shape index (κ3) is 2.58. The third-order valence-corrected chi connectivity index (χ3v) is 4.72. The van der Waals surface area contributed by atoms with Crippen LogP contribution in [-0.2, 0) is 5.33 Å². The van der Waals surface area contributed by atoms with Crippen LogP contribution in [0.15, 0.2) is 59.6 Å². The zero-order valence-corrected chi connectivity index (χ0v) is 13.0. The summed E-state index contributed by atoms with van der Waals surface area (Å²) < 4.78 is 2.25. The van der Waals surface area contributed by atoms with Crippen LogP contribution in [0.3, 0.4) is 0 Å². The van der Waals surface area contributed by atoms with Crippen molar-refractivity contribution in [1.82, 2.24) is 3.97 Å². The summed E-state index contributed by atoms with van der Waals surface area (Å²) in [6.07, 6.45) is 2.21. The first-order valence-electron chi connectivity index (χ1n) is 6.18. The highest BCUT2D eigenvalue weighted by Crippen LogP contribution is 2.30. The second-order valence-corrected chi connectivity index (χ2v) is 6.14. The quantitative estimate of drug-likeness (QED) is 0.581. The van der Waals surface area contributed by atoms with Gasteiger partial charge in [-0.05, 0) is 42.6 Å². The van der Waals surface area contributed by atoms with Crippen molar-refractivity contribution in [3.05, 3.63) is 65.9 Å². The van der Waals surface area contributed by atoms with E-state index in [9.17, 15) is 0 Å². The molecule has 1 heterocycles. The van der Waals surface area contributed by atoms with E-state index in [2.05, 4.69) is 81.6 Å². The second kappa shape index (κ2) is 5.43. The Bertz CT molecular complexity index is 700. The fourth-order valence-corrected chi connectivity index (χ4v) is 3.48. The number of benzene rings is 2. The minimum Gasteiger partial charge on any atom is -0.287 e. The average molecular weight is 332 g/mol. The van der Waals surface area contributed by atoms with E-state index >= 15 is 0 Å². The predicted octanol–water partition coefficient (Wildman–Crippen LogP) is 5.40. The summed E-state index contributed by atoms with van der Waals surface area (Å²) in [5.41, 5.74) is 3.89. The largest absolute Gasteiger partial charge is 0.287 e. The van der Waals surface area contributed by atoms with E-state index in [0.717, 1.165) is 5.33 Å². The Kier molecular flexibility index (Phi) is 3.67. The van der Waals surface area contributed by atoms with Crippen molar-refractivity contribution in [1.29, 1.82) is 0 Å². The predicted molar refractivity (Wildman–Crippen MR) is 87.0 cm³/mol. The standard InChI is InChI=1S/C16H14BrNS/c1-12-6-8-14(9-7-12)19-18-11-13(10-17)15-4-2-3-5-16(15)18/h2-9,11H,10H2,1H3. The Labute approximate surface area is 125 Å². The van der Waals surface area contributed by atoms with Crippen LogP contribution in [0, 0.1) is 6.92 Å². The summed E-state index contributed by atoms with van der Waals surface area (Å²) >= 11 is 5.32. The Morgan fingerprint density at radius 3 is 2.53 bits per heavy atom. The molecule has 0 bridgehead atoms. The maximum atomic E-state index is 3.56. The molecule has 0 aliphatic heterocycles. The Hall–Kier alpha value is -1.19. The van der Waals surface area contributed by atoms with Gasteiger partial charge in [0.15, 0.2) is 0 Å². The number of rotatable bonds is 3. The minimum absolute atomic E-state index is 0.884. The van der Waals surface area contributed by atoms with E-state index in [4.69, 9.17) is 0 Å². The van der Waals surface area contributed by atoms with Crippen LogP contribution in [0.5, 0.6) is 0 Å². The number of fused-ring (bicyclic) bond motifs is 1. The van der Waals surface area contributed by atoms with Crippen LogP contribution in [-0.4, -0.2) is 3.97 Å². The van der Waals surface area contributed by atoms with Crippen LogP contribution in [0.1, 0.15) is 11.1 Å². The van der Waals surface area contributed by atoms with Gasteiger partial charge in [-0.25, -0.2) is 0 Å². The molecule has 0 saturated heterocycles. The number of aryl methyl sites for hydroxylation is 1. The van der Waals surface area contributed by atoms with Crippen LogP contribution < -0.4 is 0 Å². The van der Waals surface area contributed by atoms with Crippen molar-refractivity contribution in [2.75, 3.05) is 0 Å². The first-order valence-corrected chi connectivity index (χ1v) is 8.07. The van der Waals surface area contributed by atoms with Crippen LogP contribution in [0.2, 0.25) is 0 Å². The molecule has 0 amide bonds. The lowest BCUT2D eigenvalue weighted by Crippen LogP contribution is -1.84. The van der Waals surface area contributed by atoms with Gasteiger partial charge in [-0.1, -0.05) is 51.8 Å². The van der Waals surface area contributed by atoms with Crippen molar-refractivity contribution >= 4 is 38.8 Å². The zero-order chi connectivity index (χ0) is 13.2. The molecule has 0 unspecified atom stereocenters. The Morgan fingerprint density at radius 1 is 1.05 bits per heavy atom. The van der Waals surface area contributed by atoms with Crippen LogP contribution in [0.25, 0.3) is 10.9 Å². The summed E-state index contributed by atoms with van der Waals surface area (Å²) in [6.45, 7) is 2.11. The molecule has 3 rings (SSSR count). The highest BCUT2D eigenvalue weighted by atomic mass is 79.9. The van der Waals surface area contributed by atoms with E-state index in [0.29, 0.717) is 0 Å². The SMILES string of the molecule is Cc1ccc(Sn2cc(CBr)c3ccccc32)cc1. The van der Waals surface area contributed by atoms with Gasteiger partial charge in [-0.15, -0.1) is 0 Å². The topological polar surface area (TPSA) is 4.93 Å². The van der Waals surface area contributed by atoms with Gasteiger partial charge in [-0.2, -0.15) is 0 Å². The van der Waals surface area contributed by atoms with Gasteiger partial charge in [0.25, 0.3) is 0 Å². The molecule has 0 N–H and O–H groups in total. The molecule has 0 fully saturated rings. The van der Waals surface area contributed by atoms with Gasteiger partial charge in [0, 0.05) is 21.8 Å². The molecule has 19 heavy (non-hydrogen) atoms. The lowest BCUT2D eigenvalue weighted by molar-refractivity contribution is 1.28. The molecule has 1 aromatic heterocycles. The molecule has 96 valence electrons. The number of nitrogens with zero attached hydrogens (tertiary/aromatic N) is 1. The summed E-state index contributed by atoms with van der Waals surface area (Å²) in [5.74, 6) is 0. The first-order chi connectivity index (χ1) is 9.28. The van der Waals surface area contributed by atoms with Crippen molar-refractivity contribution in [3.8, 4) is 0 Å². The maximum absolute atomic E-state index is 3.56. The van der Waals surface area contributed by atoms with E-state index in [-0.39, 0.29) is 0 Å². The van der Waals surface area contributed by atoms with Gasteiger partial charge in [-0.3, -0.25) is 3.97 Å². The summed E-state index contributed by atoms with van der Waals surface area (Å²) in [4.78, 5) is 1.26. The summed E-state index contributed by atoms with van der Waals surface area (Å²) in [7, 11) is 0. The van der Waals surface area contributed by atoms with E-state index < -0.39 is 0 Å². The van der Waals surface area contributed by atoms with Gasteiger partial charge in [0.2, 0.25) is 0 Å². The lowest BCUT2D eigenvalue weighted by Gasteiger charge is -2.04. The molecule has 0 atom stereocenters. The smallest absolute Gasteiger partial charge is 0.0597 e. The first kappa shape index (κ1) is 12.8. The second-order valence-electron chi connectivity index (χ2n) is 4.54. The van der Waals surface area contributed by atoms with Gasteiger partial charge >= 0.3 is 0 Å². The van der Waals surface area contributed by atoms with E-state index in [1.807, 2.05) is 0 Å². The summed E-state index contributed by atoms with van der Waals surface area (Å²) in [6, 6.07) is 17.2. The molecular formula is C16H14BrNS. The van der Waals surface area contributed by atoms with Crippen molar-refractivity contribution < 1.29 is 0 Å². The molecule has 2 aromatic carbocycles. The van der Waals surface area contributed by atoms with E-state index in [1.54, 1.807) is 11.9 Å². The van der Waals surface area contributed by atoms with Crippen molar-refractivity contribution in [2.24, 2.45) is 0 Å². The summed E-state index contributed by atoms with van der Waals surface area (Å²) in [5, 5.41) is 2.20. The monoisotopic (exact) mass is 331 g/mol. The minimum atomic E-state index is 0.884. The van der Waals surface area contributed by atoms with Crippen LogP contribution in [0.4, 0.5) is 0 Å². The third-order valence-electron chi connectivity index (χ3n) is 3.13. The van der Waals surface area contributed by atoms with Gasteiger partial charge in [0.1, 0.15) is 0 Å². The lowest BCUT2D eigenvalue weighted by atomic mass is 10.2. The van der Waals surface area contributed by atoms with E-state index in [1.165, 1.54) is 26.9 Å². The van der Waals surface area contributed by atoms with Gasteiger partial charge < -0.3 is 0 Å². The number of para-hydroxylation sites is 1. The molecule has 0 aliphatic rings. The molecule has 0 saturated carbocycles. The molecule has 3 heteroatoms. The van der Waals surface area contributed by atoms with Gasteiger partial charge in [0.05, 0.1) is 5.52 Å². The Balaban J connectivity index is 2.03. The maximum Gasteiger partial charge on any atom is 0.0597 e. The normalized spacial score (nSPS) is 11.1. The van der Waals surface area contributed by atoms with Crippen molar-refractivity contribution in [2.45, 2.75) is 17.1 Å². The number of hydrogen-bond acceptors (Lipinski definition) is 1. The Morgan fingerprint density at radius 2 is 1.79 bits per heavy atom. The molecular weight excluding hydrogens is 318 g/mol.